The molecule has 3 nitrogen and oxygen atoms in total. The second-order valence-corrected chi connectivity index (χ2v) is 5.42. The number of piperazine rings is 1. The number of halogens is 1. The maximum atomic E-state index is 10.3. The topological polar surface area (TPSA) is 35.5 Å². The van der Waals surface area contributed by atoms with Crippen molar-refractivity contribution in [2.75, 3.05) is 26.2 Å². The molecule has 1 heterocycles. The van der Waals surface area contributed by atoms with Gasteiger partial charge in [-0.1, -0.05) is 17.7 Å². The fourth-order valence-electron chi connectivity index (χ4n) is 2.64. The maximum absolute atomic E-state index is 10.3. The molecule has 104 valence electrons. The van der Waals surface area contributed by atoms with Crippen LogP contribution in [0.25, 0.3) is 0 Å². The van der Waals surface area contributed by atoms with Crippen molar-refractivity contribution in [1.29, 1.82) is 0 Å². The van der Waals surface area contributed by atoms with E-state index in [1.807, 2.05) is 19.1 Å². The van der Waals surface area contributed by atoms with Gasteiger partial charge in [0.05, 0.1) is 0 Å². The van der Waals surface area contributed by atoms with E-state index in [9.17, 15) is 5.11 Å². The van der Waals surface area contributed by atoms with Gasteiger partial charge < -0.3 is 10.4 Å². The molecule has 0 aliphatic carbocycles. The van der Waals surface area contributed by atoms with Crippen molar-refractivity contribution in [2.45, 2.75) is 19.4 Å². The molecule has 0 spiro atoms. The van der Waals surface area contributed by atoms with Gasteiger partial charge in [0.2, 0.25) is 0 Å². The van der Waals surface area contributed by atoms with Gasteiger partial charge in [-0.2, -0.15) is 0 Å². The van der Waals surface area contributed by atoms with Crippen LogP contribution < -0.4 is 5.32 Å². The largest absolute Gasteiger partial charge is 0.507 e. The lowest BCUT2D eigenvalue weighted by molar-refractivity contribution is 0.172. The lowest BCUT2D eigenvalue weighted by Gasteiger charge is -2.35. The molecule has 2 N–H and O–H groups in total. The molecule has 1 aromatic carbocycles. The van der Waals surface area contributed by atoms with Crippen LogP contribution in [0.3, 0.4) is 0 Å². The van der Waals surface area contributed by atoms with Crippen molar-refractivity contribution in [3.05, 3.63) is 40.9 Å². The Morgan fingerprint density at radius 3 is 2.79 bits per heavy atom. The first-order chi connectivity index (χ1) is 9.13. The molecule has 0 unspecified atom stereocenters. The highest BCUT2D eigenvalue weighted by Gasteiger charge is 2.24. The van der Waals surface area contributed by atoms with Gasteiger partial charge in [-0.3, -0.25) is 4.90 Å². The number of phenols is 1. The number of hydrogen-bond acceptors (Lipinski definition) is 3. The first-order valence-corrected chi connectivity index (χ1v) is 7.06. The molecule has 2 rings (SSSR count). The van der Waals surface area contributed by atoms with Gasteiger partial charge in [0.1, 0.15) is 5.75 Å². The summed E-state index contributed by atoms with van der Waals surface area (Å²) in [5.41, 5.74) is 1.73. The minimum Gasteiger partial charge on any atom is -0.507 e. The summed E-state index contributed by atoms with van der Waals surface area (Å²) in [5, 5.41) is 14.3. The van der Waals surface area contributed by atoms with Crippen molar-refractivity contribution in [1.82, 2.24) is 10.2 Å². The monoisotopic (exact) mass is 280 g/mol. The van der Waals surface area contributed by atoms with Crippen LogP contribution in [-0.2, 0) is 0 Å². The summed E-state index contributed by atoms with van der Waals surface area (Å²) in [7, 11) is 0. The van der Waals surface area contributed by atoms with Gasteiger partial charge in [0, 0.05) is 42.8 Å². The lowest BCUT2D eigenvalue weighted by atomic mass is 9.98. The van der Waals surface area contributed by atoms with Crippen molar-refractivity contribution in [3.8, 4) is 5.75 Å². The van der Waals surface area contributed by atoms with Crippen LogP contribution in [0.4, 0.5) is 0 Å². The molecule has 0 saturated carbocycles. The summed E-state index contributed by atoms with van der Waals surface area (Å²) in [6.45, 7) is 9.63. The number of benzene rings is 1. The van der Waals surface area contributed by atoms with Crippen LogP contribution >= 0.6 is 11.6 Å². The zero-order valence-corrected chi connectivity index (χ0v) is 12.1. The van der Waals surface area contributed by atoms with E-state index in [1.54, 1.807) is 6.07 Å². The molecule has 0 aromatic heterocycles. The fraction of sp³-hybridized carbons (Fsp3) is 0.467. The van der Waals surface area contributed by atoms with Crippen LogP contribution in [-0.4, -0.2) is 36.2 Å². The summed E-state index contributed by atoms with van der Waals surface area (Å²) in [5.74, 6) is 0.356. The van der Waals surface area contributed by atoms with Gasteiger partial charge >= 0.3 is 0 Å². The molecule has 0 amide bonds. The zero-order chi connectivity index (χ0) is 13.8. The Bertz CT molecular complexity index is 456. The fourth-order valence-corrected chi connectivity index (χ4v) is 2.92. The Hall–Kier alpha value is -1.03. The number of phenolic OH excluding ortho intramolecular Hbond substituents is 1. The third kappa shape index (κ3) is 3.30. The minimum atomic E-state index is 0.150. The number of aromatic hydroxyl groups is 1. The van der Waals surface area contributed by atoms with Crippen molar-refractivity contribution in [2.24, 2.45) is 0 Å². The van der Waals surface area contributed by atoms with Crippen molar-refractivity contribution >= 4 is 11.6 Å². The highest BCUT2D eigenvalue weighted by atomic mass is 35.5. The van der Waals surface area contributed by atoms with E-state index in [0.29, 0.717) is 10.8 Å². The van der Waals surface area contributed by atoms with E-state index in [2.05, 4.69) is 16.8 Å². The first-order valence-electron chi connectivity index (χ1n) is 6.68. The summed E-state index contributed by atoms with van der Waals surface area (Å²) >= 11 is 6.14. The molecular weight excluding hydrogens is 260 g/mol. The Kier molecular flexibility index (Phi) is 4.86. The predicted molar refractivity (Wildman–Crippen MR) is 79.9 cm³/mol. The minimum absolute atomic E-state index is 0.150. The average Bonchev–Trinajstić information content (AvgIpc) is 2.41. The van der Waals surface area contributed by atoms with Gasteiger partial charge in [0.15, 0.2) is 0 Å². The normalized spacial score (nSPS) is 18.2. The lowest BCUT2D eigenvalue weighted by Crippen LogP contribution is -2.45. The second kappa shape index (κ2) is 6.42. The molecular formula is C15H21ClN2O. The van der Waals surface area contributed by atoms with Gasteiger partial charge in [-0.05, 0) is 31.0 Å². The van der Waals surface area contributed by atoms with E-state index in [-0.39, 0.29) is 6.04 Å². The molecule has 1 fully saturated rings. The van der Waals surface area contributed by atoms with Crippen LogP contribution in [0, 0.1) is 6.92 Å². The molecule has 4 heteroatoms. The standard InChI is InChI=1S/C15H21ClN2O/c1-3-4-14(18-7-5-17-6-8-18)13-10-12(16)9-11(2)15(13)19/h3,9-10,14,17,19H,1,4-8H2,2H3/t14-/m1/s1. The number of hydrogen-bond donors (Lipinski definition) is 2. The summed E-state index contributed by atoms with van der Waals surface area (Å²) in [6, 6.07) is 3.82. The van der Waals surface area contributed by atoms with E-state index in [4.69, 9.17) is 11.6 Å². The highest BCUT2D eigenvalue weighted by molar-refractivity contribution is 6.30. The molecule has 19 heavy (non-hydrogen) atoms. The predicted octanol–water partition coefficient (Wildman–Crippen LogP) is 2.88. The third-order valence-corrected chi connectivity index (χ3v) is 3.85. The molecule has 0 radical (unpaired) electrons. The number of nitrogens with zero attached hydrogens (tertiary/aromatic N) is 1. The molecule has 1 aliphatic rings. The highest BCUT2D eigenvalue weighted by Crippen LogP contribution is 2.36. The van der Waals surface area contributed by atoms with E-state index in [0.717, 1.165) is 43.7 Å². The Morgan fingerprint density at radius 1 is 1.47 bits per heavy atom. The SMILES string of the molecule is C=CC[C@H](c1cc(Cl)cc(C)c1O)N1CCNCC1. The average molecular weight is 281 g/mol. The van der Waals surface area contributed by atoms with Crippen LogP contribution in [0.2, 0.25) is 5.02 Å². The van der Waals surface area contributed by atoms with Crippen molar-refractivity contribution < 1.29 is 5.11 Å². The maximum Gasteiger partial charge on any atom is 0.123 e. The van der Waals surface area contributed by atoms with E-state index < -0.39 is 0 Å². The molecule has 1 saturated heterocycles. The zero-order valence-electron chi connectivity index (χ0n) is 11.3. The number of nitrogens with one attached hydrogen (secondary N) is 1. The van der Waals surface area contributed by atoms with E-state index in [1.165, 1.54) is 0 Å². The molecule has 1 atom stereocenters. The van der Waals surface area contributed by atoms with Crippen LogP contribution in [0.15, 0.2) is 24.8 Å². The third-order valence-electron chi connectivity index (χ3n) is 3.64. The Labute approximate surface area is 119 Å². The summed E-state index contributed by atoms with van der Waals surface area (Å²) < 4.78 is 0. The van der Waals surface area contributed by atoms with Gasteiger partial charge in [-0.15, -0.1) is 6.58 Å². The second-order valence-electron chi connectivity index (χ2n) is 4.99. The van der Waals surface area contributed by atoms with Crippen molar-refractivity contribution in [3.63, 3.8) is 0 Å². The first kappa shape index (κ1) is 14.4. The number of rotatable bonds is 4. The summed E-state index contributed by atoms with van der Waals surface area (Å²) in [6.07, 6.45) is 2.72. The molecule has 0 bridgehead atoms. The summed E-state index contributed by atoms with van der Waals surface area (Å²) in [4.78, 5) is 2.38. The van der Waals surface area contributed by atoms with Gasteiger partial charge in [0.25, 0.3) is 0 Å². The van der Waals surface area contributed by atoms with E-state index >= 15 is 0 Å². The smallest absolute Gasteiger partial charge is 0.123 e. The molecule has 1 aliphatic heterocycles. The van der Waals surface area contributed by atoms with Crippen LogP contribution in [0.5, 0.6) is 5.75 Å². The molecule has 1 aromatic rings. The van der Waals surface area contributed by atoms with Crippen LogP contribution in [0.1, 0.15) is 23.6 Å². The Morgan fingerprint density at radius 2 is 2.16 bits per heavy atom. The number of aryl methyl sites for hydroxylation is 1. The quantitative estimate of drug-likeness (QED) is 0.833. The Balaban J connectivity index is 2.34. The van der Waals surface area contributed by atoms with Gasteiger partial charge in [-0.25, -0.2) is 0 Å².